The maximum absolute atomic E-state index is 11.1. The fourth-order valence-electron chi connectivity index (χ4n) is 0.905. The molecule has 0 saturated heterocycles. The topological polar surface area (TPSA) is 68.0 Å². The fourth-order valence-corrected chi connectivity index (χ4v) is 0.905. The Labute approximate surface area is 70.8 Å². The highest BCUT2D eigenvalue weighted by Gasteiger charge is 2.07. The van der Waals surface area contributed by atoms with Crippen molar-refractivity contribution < 1.29 is 4.79 Å². The predicted molar refractivity (Wildman–Crippen MR) is 46.8 cm³/mol. The van der Waals surface area contributed by atoms with Crippen molar-refractivity contribution in [2.24, 2.45) is 0 Å². The van der Waals surface area contributed by atoms with E-state index in [1.807, 2.05) is 6.92 Å². The zero-order valence-electron chi connectivity index (χ0n) is 7.09. The van der Waals surface area contributed by atoms with Crippen molar-refractivity contribution in [3.05, 3.63) is 23.5 Å². The summed E-state index contributed by atoms with van der Waals surface area (Å²) in [6.45, 7) is 1.82. The van der Waals surface area contributed by atoms with Crippen LogP contribution in [-0.2, 0) is 0 Å². The van der Waals surface area contributed by atoms with Gasteiger partial charge in [0, 0.05) is 24.6 Å². The van der Waals surface area contributed by atoms with Crippen LogP contribution in [0.4, 0.5) is 5.69 Å². The Bertz CT molecular complexity index is 309. The second kappa shape index (κ2) is 3.21. The second-order valence-corrected chi connectivity index (χ2v) is 2.49. The van der Waals surface area contributed by atoms with Crippen LogP contribution in [0.5, 0.6) is 0 Å². The number of nitrogens with one attached hydrogen (secondary N) is 1. The van der Waals surface area contributed by atoms with E-state index in [2.05, 4.69) is 10.3 Å². The Balaban J connectivity index is 3.09. The number of hydrogen-bond acceptors (Lipinski definition) is 3. The number of rotatable bonds is 1. The normalized spacial score (nSPS) is 9.50. The monoisotopic (exact) mass is 165 g/mol. The van der Waals surface area contributed by atoms with Crippen molar-refractivity contribution in [2.45, 2.75) is 6.92 Å². The molecule has 0 atom stereocenters. The van der Waals surface area contributed by atoms with Gasteiger partial charge in [-0.15, -0.1) is 0 Å². The summed E-state index contributed by atoms with van der Waals surface area (Å²) in [5.41, 5.74) is 7.28. The summed E-state index contributed by atoms with van der Waals surface area (Å²) in [5, 5.41) is 2.48. The van der Waals surface area contributed by atoms with Crippen LogP contribution in [0.3, 0.4) is 0 Å². The summed E-state index contributed by atoms with van der Waals surface area (Å²) in [5.74, 6) is -0.208. The maximum atomic E-state index is 11.1. The molecule has 0 spiro atoms. The van der Waals surface area contributed by atoms with Gasteiger partial charge in [-0.05, 0) is 13.0 Å². The third-order valence-electron chi connectivity index (χ3n) is 1.54. The third kappa shape index (κ3) is 1.53. The molecule has 1 heterocycles. The van der Waals surface area contributed by atoms with Crippen LogP contribution < -0.4 is 11.1 Å². The van der Waals surface area contributed by atoms with Crippen LogP contribution in [0.15, 0.2) is 12.3 Å². The molecule has 3 N–H and O–H groups in total. The van der Waals surface area contributed by atoms with Gasteiger partial charge < -0.3 is 11.1 Å². The van der Waals surface area contributed by atoms with Gasteiger partial charge in [0.05, 0.1) is 5.56 Å². The van der Waals surface area contributed by atoms with Gasteiger partial charge in [0.2, 0.25) is 0 Å². The van der Waals surface area contributed by atoms with Crippen LogP contribution in [0.25, 0.3) is 0 Å². The highest BCUT2D eigenvalue weighted by molar-refractivity contribution is 5.98. The Hall–Kier alpha value is -1.58. The zero-order valence-corrected chi connectivity index (χ0v) is 7.09. The molecule has 0 aromatic carbocycles. The standard InChI is InChI=1S/C8H11N3O/c1-5-3-7(9)6(4-11-5)8(12)10-2/h3-4H,1-2H3,(H2,9,11)(H,10,12). The molecular formula is C8H11N3O. The maximum Gasteiger partial charge on any atom is 0.254 e. The van der Waals surface area contributed by atoms with Crippen LogP contribution in [-0.4, -0.2) is 17.9 Å². The summed E-state index contributed by atoms with van der Waals surface area (Å²) in [7, 11) is 1.56. The number of pyridine rings is 1. The second-order valence-electron chi connectivity index (χ2n) is 2.49. The van der Waals surface area contributed by atoms with Gasteiger partial charge in [-0.3, -0.25) is 9.78 Å². The number of carbonyl (C=O) groups excluding carboxylic acids is 1. The van der Waals surface area contributed by atoms with Gasteiger partial charge in [-0.1, -0.05) is 0 Å². The summed E-state index contributed by atoms with van der Waals surface area (Å²) in [4.78, 5) is 15.1. The molecule has 64 valence electrons. The fraction of sp³-hybridized carbons (Fsp3) is 0.250. The van der Waals surface area contributed by atoms with E-state index in [0.717, 1.165) is 5.69 Å². The number of hydrogen-bond donors (Lipinski definition) is 2. The van der Waals surface area contributed by atoms with Gasteiger partial charge in [0.15, 0.2) is 0 Å². The third-order valence-corrected chi connectivity index (χ3v) is 1.54. The first kappa shape index (κ1) is 8.52. The lowest BCUT2D eigenvalue weighted by Gasteiger charge is -2.03. The molecule has 0 radical (unpaired) electrons. The predicted octanol–water partition coefficient (Wildman–Crippen LogP) is 0.332. The first-order chi connectivity index (χ1) is 5.65. The lowest BCUT2D eigenvalue weighted by Crippen LogP contribution is -2.19. The molecule has 1 amide bonds. The molecular weight excluding hydrogens is 154 g/mol. The van der Waals surface area contributed by atoms with Crippen molar-refractivity contribution >= 4 is 11.6 Å². The van der Waals surface area contributed by atoms with Gasteiger partial charge in [0.25, 0.3) is 5.91 Å². The van der Waals surface area contributed by atoms with Gasteiger partial charge in [-0.2, -0.15) is 0 Å². The van der Waals surface area contributed by atoms with E-state index in [-0.39, 0.29) is 5.91 Å². The number of carbonyl (C=O) groups is 1. The Morgan fingerprint density at radius 1 is 1.67 bits per heavy atom. The van der Waals surface area contributed by atoms with Crippen molar-refractivity contribution in [3.8, 4) is 0 Å². The quantitative estimate of drug-likeness (QED) is 0.630. The Morgan fingerprint density at radius 2 is 2.33 bits per heavy atom. The van der Waals surface area contributed by atoms with E-state index in [0.29, 0.717) is 11.3 Å². The molecule has 1 aromatic rings. The minimum absolute atomic E-state index is 0.208. The number of aromatic nitrogens is 1. The Kier molecular flexibility index (Phi) is 2.28. The van der Waals surface area contributed by atoms with E-state index in [4.69, 9.17) is 5.73 Å². The van der Waals surface area contributed by atoms with Gasteiger partial charge >= 0.3 is 0 Å². The molecule has 4 heteroatoms. The summed E-state index contributed by atoms with van der Waals surface area (Å²) in [6, 6.07) is 1.67. The van der Waals surface area contributed by atoms with Crippen LogP contribution >= 0.6 is 0 Å². The highest BCUT2D eigenvalue weighted by Crippen LogP contribution is 2.10. The van der Waals surface area contributed by atoms with E-state index in [9.17, 15) is 4.79 Å². The molecule has 0 aliphatic carbocycles. The van der Waals surface area contributed by atoms with E-state index in [1.165, 1.54) is 6.20 Å². The molecule has 0 aliphatic heterocycles. The lowest BCUT2D eigenvalue weighted by molar-refractivity contribution is 0.0963. The average molecular weight is 165 g/mol. The van der Waals surface area contributed by atoms with Crippen molar-refractivity contribution in [1.82, 2.24) is 10.3 Å². The smallest absolute Gasteiger partial charge is 0.254 e. The molecule has 1 rings (SSSR count). The van der Waals surface area contributed by atoms with Crippen molar-refractivity contribution in [2.75, 3.05) is 12.8 Å². The van der Waals surface area contributed by atoms with Crippen molar-refractivity contribution in [3.63, 3.8) is 0 Å². The van der Waals surface area contributed by atoms with Crippen LogP contribution in [0.2, 0.25) is 0 Å². The first-order valence-electron chi connectivity index (χ1n) is 3.59. The number of amides is 1. The highest BCUT2D eigenvalue weighted by atomic mass is 16.1. The molecule has 0 bridgehead atoms. The SMILES string of the molecule is CNC(=O)c1cnc(C)cc1N. The molecule has 0 unspecified atom stereocenters. The minimum atomic E-state index is -0.208. The number of nitrogens with two attached hydrogens (primary N) is 1. The molecule has 0 fully saturated rings. The van der Waals surface area contributed by atoms with Crippen molar-refractivity contribution in [1.29, 1.82) is 0 Å². The van der Waals surface area contributed by atoms with E-state index < -0.39 is 0 Å². The Morgan fingerprint density at radius 3 is 2.83 bits per heavy atom. The molecule has 1 aromatic heterocycles. The number of nitrogen functional groups attached to an aromatic ring is 1. The van der Waals surface area contributed by atoms with Crippen LogP contribution in [0, 0.1) is 6.92 Å². The molecule has 0 saturated carbocycles. The molecule has 0 aliphatic rings. The summed E-state index contributed by atoms with van der Waals surface area (Å²) >= 11 is 0. The number of nitrogens with zero attached hydrogens (tertiary/aromatic N) is 1. The van der Waals surface area contributed by atoms with Gasteiger partial charge in [-0.25, -0.2) is 0 Å². The first-order valence-corrected chi connectivity index (χ1v) is 3.59. The summed E-state index contributed by atoms with van der Waals surface area (Å²) in [6.07, 6.45) is 1.48. The van der Waals surface area contributed by atoms with E-state index in [1.54, 1.807) is 13.1 Å². The van der Waals surface area contributed by atoms with Gasteiger partial charge in [0.1, 0.15) is 0 Å². The molecule has 4 nitrogen and oxygen atoms in total. The van der Waals surface area contributed by atoms with Crippen LogP contribution in [0.1, 0.15) is 16.1 Å². The largest absolute Gasteiger partial charge is 0.398 e. The zero-order chi connectivity index (χ0) is 9.14. The number of aryl methyl sites for hydroxylation is 1. The lowest BCUT2D eigenvalue weighted by atomic mass is 10.2. The molecule has 12 heavy (non-hydrogen) atoms. The van der Waals surface area contributed by atoms with E-state index >= 15 is 0 Å². The minimum Gasteiger partial charge on any atom is -0.398 e. The summed E-state index contributed by atoms with van der Waals surface area (Å²) < 4.78 is 0. The average Bonchev–Trinajstić information content (AvgIpc) is 2.03. The number of anilines is 1.